The summed E-state index contributed by atoms with van der Waals surface area (Å²) in [7, 11) is 0. The summed E-state index contributed by atoms with van der Waals surface area (Å²) >= 11 is 1.89. The second-order valence-corrected chi connectivity index (χ2v) is 15.2. The van der Waals surface area contributed by atoms with Crippen LogP contribution >= 0.6 is 11.3 Å². The Morgan fingerprint density at radius 1 is 0.407 bits per heavy atom. The van der Waals surface area contributed by atoms with Crippen molar-refractivity contribution in [2.75, 3.05) is 4.90 Å². The van der Waals surface area contributed by atoms with Crippen LogP contribution in [0.4, 0.5) is 17.1 Å². The van der Waals surface area contributed by atoms with Gasteiger partial charge in [-0.2, -0.15) is 0 Å². The Morgan fingerprint density at radius 3 is 2.04 bits per heavy atom. The molecule has 0 spiro atoms. The molecule has 0 fully saturated rings. The summed E-state index contributed by atoms with van der Waals surface area (Å²) in [6, 6.07) is 66.1. The average molecular weight is 707 g/mol. The van der Waals surface area contributed by atoms with Gasteiger partial charge in [0.1, 0.15) is 11.2 Å². The maximum atomic E-state index is 6.44. The monoisotopic (exact) mass is 706 g/mol. The molecule has 0 aliphatic carbocycles. The highest BCUT2D eigenvalue weighted by Gasteiger charge is 2.21. The largest absolute Gasteiger partial charge is 0.456 e. The summed E-state index contributed by atoms with van der Waals surface area (Å²) in [4.78, 5) is 2.39. The highest BCUT2D eigenvalue weighted by Crippen LogP contribution is 2.45. The molecule has 12 aromatic rings. The van der Waals surface area contributed by atoms with E-state index < -0.39 is 0 Å². The normalized spacial score (nSPS) is 12.1. The molecule has 0 amide bonds. The fourth-order valence-electron chi connectivity index (χ4n) is 8.69. The first kappa shape index (κ1) is 29.7. The van der Waals surface area contributed by atoms with E-state index in [-0.39, 0.29) is 0 Å². The van der Waals surface area contributed by atoms with E-state index in [2.05, 4.69) is 179 Å². The standard InChI is InChI=1S/C50H30N2OS/c1-2-13-33(14-3-1)52-45-26-23-34(28-43(45)42-27-32-21-24-40-39-17-7-9-20-49(39)54-50(40)41(32)30-46(42)52)51(44-18-10-12-31-11-4-5-15-36(31)44)35-22-25-38-37-16-6-8-19-47(37)53-48(38)29-35/h1-30H. The van der Waals surface area contributed by atoms with Crippen LogP contribution in [0.15, 0.2) is 186 Å². The zero-order chi connectivity index (χ0) is 35.3. The summed E-state index contributed by atoms with van der Waals surface area (Å²) in [5, 5.41) is 12.3. The number of thiophene rings is 1. The number of para-hydroxylation sites is 2. The van der Waals surface area contributed by atoms with Gasteiger partial charge in [-0.05, 0) is 83.6 Å². The molecule has 0 saturated heterocycles. The molecule has 0 aliphatic rings. The van der Waals surface area contributed by atoms with Crippen LogP contribution in [0.1, 0.15) is 0 Å². The molecule has 0 unspecified atom stereocenters. The van der Waals surface area contributed by atoms with Crippen LogP contribution in [-0.2, 0) is 0 Å². The maximum absolute atomic E-state index is 6.44. The van der Waals surface area contributed by atoms with Crippen LogP contribution in [0.25, 0.3) is 91.1 Å². The van der Waals surface area contributed by atoms with Crippen LogP contribution in [0, 0.1) is 0 Å². The van der Waals surface area contributed by atoms with E-state index in [0.717, 1.165) is 44.7 Å². The SMILES string of the molecule is c1ccc(-n2c3ccc(N(c4ccc5c(c4)oc4ccccc45)c4cccc5ccccc45)cc3c3cc4ccc5c6ccccc6sc5c4cc32)cc1. The van der Waals surface area contributed by atoms with Gasteiger partial charge < -0.3 is 13.9 Å². The fraction of sp³-hybridized carbons (Fsp3) is 0. The molecule has 9 aromatic carbocycles. The fourth-order valence-corrected chi connectivity index (χ4v) is 9.92. The Hall–Kier alpha value is -6.88. The first-order valence-corrected chi connectivity index (χ1v) is 19.2. The highest BCUT2D eigenvalue weighted by molar-refractivity contribution is 7.26. The quantitative estimate of drug-likeness (QED) is 0.182. The van der Waals surface area contributed by atoms with Crippen molar-refractivity contribution >= 4 is 114 Å². The Labute approximate surface area is 314 Å². The van der Waals surface area contributed by atoms with E-state index in [1.54, 1.807) is 0 Å². The summed E-state index contributed by atoms with van der Waals surface area (Å²) in [5.74, 6) is 0. The molecule has 4 heteroatoms. The number of hydrogen-bond donors (Lipinski definition) is 0. The van der Waals surface area contributed by atoms with E-state index in [1.165, 1.54) is 63.5 Å². The van der Waals surface area contributed by atoms with Gasteiger partial charge in [-0.1, -0.05) is 103 Å². The van der Waals surface area contributed by atoms with E-state index in [9.17, 15) is 0 Å². The number of benzene rings is 9. The van der Waals surface area contributed by atoms with Crippen LogP contribution in [0.3, 0.4) is 0 Å². The summed E-state index contributed by atoms with van der Waals surface area (Å²) in [6.45, 7) is 0. The Kier molecular flexibility index (Phi) is 6.21. The molecule has 12 rings (SSSR count). The van der Waals surface area contributed by atoms with Gasteiger partial charge in [0, 0.05) is 75.6 Å². The van der Waals surface area contributed by atoms with Crippen molar-refractivity contribution in [3.05, 3.63) is 182 Å². The van der Waals surface area contributed by atoms with Crippen LogP contribution in [-0.4, -0.2) is 4.57 Å². The molecule has 3 aromatic heterocycles. The molecular formula is C50H30N2OS. The Bertz CT molecular complexity index is 3460. The number of rotatable bonds is 4. The Morgan fingerprint density at radius 2 is 1.11 bits per heavy atom. The highest BCUT2D eigenvalue weighted by atomic mass is 32.1. The molecule has 0 aliphatic heterocycles. The van der Waals surface area contributed by atoms with Crippen LogP contribution in [0.5, 0.6) is 0 Å². The van der Waals surface area contributed by atoms with Gasteiger partial charge in [0.05, 0.1) is 16.7 Å². The predicted molar refractivity (Wildman–Crippen MR) is 231 cm³/mol. The summed E-state index contributed by atoms with van der Waals surface area (Å²) in [5.41, 5.74) is 8.54. The minimum atomic E-state index is 0.875. The number of furan rings is 1. The van der Waals surface area contributed by atoms with Crippen LogP contribution in [0.2, 0.25) is 0 Å². The predicted octanol–water partition coefficient (Wildman–Crippen LogP) is 14.8. The minimum absolute atomic E-state index is 0.875. The van der Waals surface area contributed by atoms with E-state index in [4.69, 9.17) is 4.42 Å². The minimum Gasteiger partial charge on any atom is -0.456 e. The molecule has 0 radical (unpaired) electrons. The lowest BCUT2D eigenvalue weighted by Crippen LogP contribution is -2.10. The molecule has 0 atom stereocenters. The lowest BCUT2D eigenvalue weighted by Gasteiger charge is -2.27. The van der Waals surface area contributed by atoms with Crippen molar-refractivity contribution in [3.8, 4) is 5.69 Å². The van der Waals surface area contributed by atoms with Gasteiger partial charge in [-0.15, -0.1) is 11.3 Å². The Balaban J connectivity index is 1.15. The second-order valence-electron chi connectivity index (χ2n) is 14.1. The lowest BCUT2D eigenvalue weighted by atomic mass is 10.0. The molecule has 0 saturated carbocycles. The van der Waals surface area contributed by atoms with Crippen molar-refractivity contribution in [2.45, 2.75) is 0 Å². The topological polar surface area (TPSA) is 21.3 Å². The van der Waals surface area contributed by atoms with Crippen molar-refractivity contribution in [1.29, 1.82) is 0 Å². The molecule has 54 heavy (non-hydrogen) atoms. The summed E-state index contributed by atoms with van der Waals surface area (Å²) in [6.07, 6.45) is 0. The molecule has 0 bridgehead atoms. The molecule has 3 nitrogen and oxygen atoms in total. The number of aromatic nitrogens is 1. The van der Waals surface area contributed by atoms with Gasteiger partial charge in [0.25, 0.3) is 0 Å². The molecule has 252 valence electrons. The lowest BCUT2D eigenvalue weighted by molar-refractivity contribution is 0.669. The van der Waals surface area contributed by atoms with Crippen molar-refractivity contribution in [2.24, 2.45) is 0 Å². The number of fused-ring (bicyclic) bond motifs is 12. The number of nitrogens with zero attached hydrogens (tertiary/aromatic N) is 2. The van der Waals surface area contributed by atoms with Gasteiger partial charge in [0.15, 0.2) is 0 Å². The summed E-state index contributed by atoms with van der Waals surface area (Å²) < 4.78 is 11.5. The zero-order valence-electron chi connectivity index (χ0n) is 29.0. The number of hydrogen-bond acceptors (Lipinski definition) is 3. The van der Waals surface area contributed by atoms with Crippen molar-refractivity contribution < 1.29 is 4.42 Å². The molecule has 0 N–H and O–H groups in total. The molecular weight excluding hydrogens is 677 g/mol. The van der Waals surface area contributed by atoms with Gasteiger partial charge in [-0.25, -0.2) is 0 Å². The van der Waals surface area contributed by atoms with E-state index in [0.29, 0.717) is 0 Å². The zero-order valence-corrected chi connectivity index (χ0v) is 29.8. The third-order valence-electron chi connectivity index (χ3n) is 11.1. The van der Waals surface area contributed by atoms with Crippen molar-refractivity contribution in [3.63, 3.8) is 0 Å². The first-order chi connectivity index (χ1) is 26.8. The first-order valence-electron chi connectivity index (χ1n) is 18.3. The smallest absolute Gasteiger partial charge is 0.137 e. The third-order valence-corrected chi connectivity index (χ3v) is 12.3. The molecule has 3 heterocycles. The van der Waals surface area contributed by atoms with Gasteiger partial charge >= 0.3 is 0 Å². The van der Waals surface area contributed by atoms with Crippen molar-refractivity contribution in [1.82, 2.24) is 4.57 Å². The third kappa shape index (κ3) is 4.29. The maximum Gasteiger partial charge on any atom is 0.137 e. The number of anilines is 3. The van der Waals surface area contributed by atoms with Gasteiger partial charge in [-0.3, -0.25) is 0 Å². The second kappa shape index (κ2) is 11.3. The average Bonchev–Trinajstić information content (AvgIpc) is 3.90. The van der Waals surface area contributed by atoms with Crippen LogP contribution < -0.4 is 4.90 Å². The van der Waals surface area contributed by atoms with Gasteiger partial charge in [0.2, 0.25) is 0 Å². The van der Waals surface area contributed by atoms with E-state index in [1.807, 2.05) is 23.5 Å². The van der Waals surface area contributed by atoms with E-state index >= 15 is 0 Å².